The molecule has 1 heterocycles. The topological polar surface area (TPSA) is 93.7 Å². The van der Waals surface area contributed by atoms with Crippen molar-refractivity contribution in [2.45, 2.75) is 24.8 Å². The van der Waals surface area contributed by atoms with Crippen molar-refractivity contribution in [3.8, 4) is 11.5 Å². The molecule has 1 atom stereocenters. The van der Waals surface area contributed by atoms with Crippen LogP contribution in [0.4, 0.5) is 10.1 Å². The van der Waals surface area contributed by atoms with Crippen LogP contribution >= 0.6 is 0 Å². The van der Waals surface area contributed by atoms with Gasteiger partial charge in [0, 0.05) is 11.3 Å². The van der Waals surface area contributed by atoms with Crippen LogP contribution < -0.4 is 19.5 Å². The first-order valence-corrected chi connectivity index (χ1v) is 11.3. The van der Waals surface area contributed by atoms with E-state index >= 15 is 0 Å². The third-order valence-electron chi connectivity index (χ3n) is 5.10. The lowest BCUT2D eigenvalue weighted by molar-refractivity contribution is 0.0939. The standard InChI is InChI=1S/C23H21FN2O5S/c1-14-3-9-19(32(28,29)26-18-7-5-17(24)6-8-18)12-20(14)23(27)25-15(2)16-4-10-21-22(11-16)31-13-30-21/h3-12,15,26H,13H2,1-2H3,(H,25,27). The Balaban J connectivity index is 1.53. The first kappa shape index (κ1) is 21.6. The maximum atomic E-state index is 13.1. The lowest BCUT2D eigenvalue weighted by atomic mass is 10.1. The maximum absolute atomic E-state index is 13.1. The molecule has 0 spiro atoms. The van der Waals surface area contributed by atoms with Crippen LogP contribution in [0.15, 0.2) is 65.6 Å². The van der Waals surface area contributed by atoms with Crippen molar-refractivity contribution in [3.05, 3.63) is 83.2 Å². The summed E-state index contributed by atoms with van der Waals surface area (Å²) < 4.78 is 51.7. The van der Waals surface area contributed by atoms with Crippen LogP contribution in [0, 0.1) is 12.7 Å². The zero-order valence-electron chi connectivity index (χ0n) is 17.4. The summed E-state index contributed by atoms with van der Waals surface area (Å²) in [4.78, 5) is 12.9. The van der Waals surface area contributed by atoms with Crippen molar-refractivity contribution in [2.75, 3.05) is 11.5 Å². The van der Waals surface area contributed by atoms with E-state index in [1.807, 2.05) is 13.0 Å². The smallest absolute Gasteiger partial charge is 0.261 e. The molecule has 0 saturated heterocycles. The molecule has 3 aromatic rings. The number of nitrogens with one attached hydrogen (secondary N) is 2. The highest BCUT2D eigenvalue weighted by atomic mass is 32.2. The molecule has 0 bridgehead atoms. The number of hydrogen-bond donors (Lipinski definition) is 2. The first-order valence-electron chi connectivity index (χ1n) is 9.82. The Morgan fingerprint density at radius 3 is 2.47 bits per heavy atom. The van der Waals surface area contributed by atoms with Crippen molar-refractivity contribution in [3.63, 3.8) is 0 Å². The van der Waals surface area contributed by atoms with Crippen LogP contribution in [-0.2, 0) is 10.0 Å². The van der Waals surface area contributed by atoms with Gasteiger partial charge in [-0.1, -0.05) is 12.1 Å². The lowest BCUT2D eigenvalue weighted by Gasteiger charge is -2.17. The van der Waals surface area contributed by atoms with Crippen LogP contribution in [0.5, 0.6) is 11.5 Å². The molecule has 1 aliphatic heterocycles. The average molecular weight is 456 g/mol. The van der Waals surface area contributed by atoms with Crippen molar-refractivity contribution in [1.29, 1.82) is 0 Å². The van der Waals surface area contributed by atoms with Gasteiger partial charge < -0.3 is 14.8 Å². The van der Waals surface area contributed by atoms with Crippen molar-refractivity contribution in [2.24, 2.45) is 0 Å². The van der Waals surface area contributed by atoms with Gasteiger partial charge in [-0.3, -0.25) is 9.52 Å². The Bertz CT molecular complexity index is 1280. The Kier molecular flexibility index (Phi) is 5.75. The number of halogens is 1. The van der Waals surface area contributed by atoms with Gasteiger partial charge in [0.1, 0.15) is 5.82 Å². The zero-order chi connectivity index (χ0) is 22.9. The molecule has 0 radical (unpaired) electrons. The van der Waals surface area contributed by atoms with Gasteiger partial charge in [-0.25, -0.2) is 12.8 Å². The van der Waals surface area contributed by atoms with Crippen molar-refractivity contribution in [1.82, 2.24) is 5.32 Å². The van der Waals surface area contributed by atoms with Gasteiger partial charge in [-0.15, -0.1) is 0 Å². The van der Waals surface area contributed by atoms with Crippen molar-refractivity contribution >= 4 is 21.6 Å². The SMILES string of the molecule is Cc1ccc(S(=O)(=O)Nc2ccc(F)cc2)cc1C(=O)NC(C)c1ccc2c(c1)OCO2. The highest BCUT2D eigenvalue weighted by molar-refractivity contribution is 7.92. The second kappa shape index (κ2) is 8.51. The van der Waals surface area contributed by atoms with Crippen LogP contribution in [0.2, 0.25) is 0 Å². The van der Waals surface area contributed by atoms with Gasteiger partial charge >= 0.3 is 0 Å². The zero-order valence-corrected chi connectivity index (χ0v) is 18.2. The van der Waals surface area contributed by atoms with E-state index < -0.39 is 21.7 Å². The number of hydrogen-bond acceptors (Lipinski definition) is 5. The van der Waals surface area contributed by atoms with Gasteiger partial charge in [-0.2, -0.15) is 0 Å². The Hall–Kier alpha value is -3.59. The number of ether oxygens (including phenoxy) is 2. The predicted molar refractivity (Wildman–Crippen MR) is 117 cm³/mol. The summed E-state index contributed by atoms with van der Waals surface area (Å²) in [5.74, 6) is 0.375. The number of sulfonamides is 1. The van der Waals surface area contributed by atoms with E-state index in [9.17, 15) is 17.6 Å². The third kappa shape index (κ3) is 4.52. The Morgan fingerprint density at radius 1 is 1.00 bits per heavy atom. The first-order chi connectivity index (χ1) is 15.2. The molecule has 3 aromatic carbocycles. The van der Waals surface area contributed by atoms with Gasteiger partial charge in [0.25, 0.3) is 15.9 Å². The molecule has 2 N–H and O–H groups in total. The molecule has 0 aromatic heterocycles. The fourth-order valence-electron chi connectivity index (χ4n) is 3.29. The molecule has 0 aliphatic carbocycles. The fourth-order valence-corrected chi connectivity index (χ4v) is 4.37. The third-order valence-corrected chi connectivity index (χ3v) is 6.48. The summed E-state index contributed by atoms with van der Waals surface area (Å²) in [7, 11) is -3.97. The number of carbonyl (C=O) groups excluding carboxylic acids is 1. The Morgan fingerprint density at radius 2 is 1.72 bits per heavy atom. The molecular weight excluding hydrogens is 435 g/mol. The molecule has 4 rings (SSSR count). The normalized spacial score (nSPS) is 13.5. The number of carbonyl (C=O) groups is 1. The minimum atomic E-state index is -3.97. The molecule has 1 unspecified atom stereocenters. The maximum Gasteiger partial charge on any atom is 0.261 e. The minimum Gasteiger partial charge on any atom is -0.454 e. The van der Waals surface area contributed by atoms with E-state index in [2.05, 4.69) is 10.0 Å². The minimum absolute atomic E-state index is 0.0756. The van der Waals surface area contributed by atoms with E-state index in [0.717, 1.165) is 17.7 Å². The fraction of sp³-hybridized carbons (Fsp3) is 0.174. The van der Waals surface area contributed by atoms with Crippen LogP contribution in [-0.4, -0.2) is 21.1 Å². The van der Waals surface area contributed by atoms with E-state index in [4.69, 9.17) is 9.47 Å². The summed E-state index contributed by atoms with van der Waals surface area (Å²) in [6, 6.07) is 14.3. The second-order valence-electron chi connectivity index (χ2n) is 7.40. The molecule has 0 saturated carbocycles. The molecule has 32 heavy (non-hydrogen) atoms. The van der Waals surface area contributed by atoms with Gasteiger partial charge in [0.05, 0.1) is 10.9 Å². The second-order valence-corrected chi connectivity index (χ2v) is 9.08. The highest BCUT2D eigenvalue weighted by Crippen LogP contribution is 2.34. The molecule has 1 amide bonds. The van der Waals surface area contributed by atoms with Crippen LogP contribution in [0.3, 0.4) is 0 Å². The highest BCUT2D eigenvalue weighted by Gasteiger charge is 2.21. The molecule has 0 fully saturated rings. The summed E-state index contributed by atoms with van der Waals surface area (Å²) in [5, 5.41) is 2.89. The summed E-state index contributed by atoms with van der Waals surface area (Å²) in [5.41, 5.74) is 1.90. The van der Waals surface area contributed by atoms with Crippen LogP contribution in [0.1, 0.15) is 34.5 Å². The number of aryl methyl sites for hydroxylation is 1. The van der Waals surface area contributed by atoms with Gasteiger partial charge in [-0.05, 0) is 73.5 Å². The monoisotopic (exact) mass is 456 g/mol. The number of rotatable bonds is 6. The molecule has 9 heteroatoms. The lowest BCUT2D eigenvalue weighted by Crippen LogP contribution is -2.27. The quantitative estimate of drug-likeness (QED) is 0.581. The van der Waals surface area contributed by atoms with E-state index in [1.165, 1.54) is 24.3 Å². The summed E-state index contributed by atoms with van der Waals surface area (Å²) in [6.07, 6.45) is 0. The summed E-state index contributed by atoms with van der Waals surface area (Å²) >= 11 is 0. The number of fused-ring (bicyclic) bond motifs is 1. The number of amides is 1. The van der Waals surface area contributed by atoms with E-state index in [1.54, 1.807) is 25.1 Å². The number of anilines is 1. The van der Waals surface area contributed by atoms with E-state index in [-0.39, 0.29) is 29.0 Å². The van der Waals surface area contributed by atoms with Crippen LogP contribution in [0.25, 0.3) is 0 Å². The predicted octanol–water partition coefficient (Wildman–Crippen LogP) is 4.15. The molecular formula is C23H21FN2O5S. The number of benzene rings is 3. The summed E-state index contributed by atoms with van der Waals surface area (Å²) in [6.45, 7) is 3.71. The average Bonchev–Trinajstić information content (AvgIpc) is 3.23. The molecule has 7 nitrogen and oxygen atoms in total. The largest absolute Gasteiger partial charge is 0.454 e. The van der Waals surface area contributed by atoms with Gasteiger partial charge in [0.2, 0.25) is 6.79 Å². The molecule has 1 aliphatic rings. The van der Waals surface area contributed by atoms with Crippen molar-refractivity contribution < 1.29 is 27.1 Å². The molecule has 166 valence electrons. The Labute approximate surface area is 185 Å². The van der Waals surface area contributed by atoms with Gasteiger partial charge in [0.15, 0.2) is 11.5 Å². The van der Waals surface area contributed by atoms with E-state index in [0.29, 0.717) is 17.1 Å².